The summed E-state index contributed by atoms with van der Waals surface area (Å²) in [6.07, 6.45) is 1.28. The minimum absolute atomic E-state index is 0.101. The maximum absolute atomic E-state index is 11.4. The van der Waals surface area contributed by atoms with E-state index in [-0.39, 0.29) is 5.91 Å². The summed E-state index contributed by atoms with van der Waals surface area (Å²) in [5.74, 6) is 2.04. The first-order valence-corrected chi connectivity index (χ1v) is 5.68. The van der Waals surface area contributed by atoms with Gasteiger partial charge in [-0.15, -0.1) is 0 Å². The second kappa shape index (κ2) is 5.68. The molecule has 0 saturated carbocycles. The molecule has 16 heavy (non-hydrogen) atoms. The number of carbonyl (C=O) groups excluding carboxylic acids is 1. The molecule has 1 N–H and O–H groups in total. The van der Waals surface area contributed by atoms with E-state index in [9.17, 15) is 4.79 Å². The van der Waals surface area contributed by atoms with E-state index >= 15 is 0 Å². The van der Waals surface area contributed by atoms with E-state index in [4.69, 9.17) is 4.42 Å². The molecule has 0 spiro atoms. The minimum Gasteiger partial charge on any atom is -0.446 e. The van der Waals surface area contributed by atoms with Gasteiger partial charge in [-0.3, -0.25) is 4.79 Å². The number of aryl methyl sites for hydroxylation is 2. The van der Waals surface area contributed by atoms with Crippen molar-refractivity contribution < 1.29 is 9.21 Å². The van der Waals surface area contributed by atoms with E-state index in [0.29, 0.717) is 31.2 Å². The summed E-state index contributed by atoms with van der Waals surface area (Å²) in [6.45, 7) is 8.42. The summed E-state index contributed by atoms with van der Waals surface area (Å²) >= 11 is 0. The van der Waals surface area contributed by atoms with Crippen molar-refractivity contribution in [3.63, 3.8) is 0 Å². The van der Waals surface area contributed by atoms with Gasteiger partial charge in [0.1, 0.15) is 5.76 Å². The van der Waals surface area contributed by atoms with Crippen LogP contribution in [0.2, 0.25) is 0 Å². The second-order valence-corrected chi connectivity index (χ2v) is 4.44. The lowest BCUT2D eigenvalue weighted by Gasteiger charge is -2.05. The van der Waals surface area contributed by atoms with Gasteiger partial charge >= 0.3 is 0 Å². The molecule has 0 fully saturated rings. The smallest absolute Gasteiger partial charge is 0.220 e. The average Bonchev–Trinajstić information content (AvgIpc) is 2.44. The Morgan fingerprint density at radius 1 is 1.44 bits per heavy atom. The molecule has 90 valence electrons. The first-order valence-electron chi connectivity index (χ1n) is 5.68. The van der Waals surface area contributed by atoms with Crippen molar-refractivity contribution in [2.24, 2.45) is 5.92 Å². The number of nitrogens with one attached hydrogen (secondary N) is 1. The van der Waals surface area contributed by atoms with Crippen molar-refractivity contribution in [2.75, 3.05) is 6.54 Å². The Kier molecular flexibility index (Phi) is 4.52. The van der Waals surface area contributed by atoms with Crippen molar-refractivity contribution in [1.29, 1.82) is 0 Å². The van der Waals surface area contributed by atoms with E-state index in [1.165, 1.54) is 0 Å². The van der Waals surface area contributed by atoms with Crippen LogP contribution in [0.4, 0.5) is 0 Å². The van der Waals surface area contributed by atoms with E-state index in [1.54, 1.807) is 0 Å². The van der Waals surface area contributed by atoms with Crippen LogP contribution in [0.25, 0.3) is 0 Å². The highest BCUT2D eigenvalue weighted by atomic mass is 16.4. The SMILES string of the molecule is Cc1nc(C)c(CCNC(=O)CC(C)C)o1. The zero-order valence-electron chi connectivity index (χ0n) is 10.5. The van der Waals surface area contributed by atoms with Gasteiger partial charge in [-0.05, 0) is 12.8 Å². The predicted molar refractivity (Wildman–Crippen MR) is 62.1 cm³/mol. The molecule has 4 heteroatoms. The van der Waals surface area contributed by atoms with Crippen molar-refractivity contribution >= 4 is 5.91 Å². The lowest BCUT2D eigenvalue weighted by molar-refractivity contribution is -0.121. The van der Waals surface area contributed by atoms with Crippen LogP contribution in [0.3, 0.4) is 0 Å². The molecule has 0 atom stereocenters. The highest BCUT2D eigenvalue weighted by molar-refractivity contribution is 5.76. The maximum atomic E-state index is 11.4. The monoisotopic (exact) mass is 224 g/mol. The third-order valence-electron chi connectivity index (χ3n) is 2.27. The van der Waals surface area contributed by atoms with Gasteiger partial charge in [-0.25, -0.2) is 4.98 Å². The van der Waals surface area contributed by atoms with Crippen molar-refractivity contribution in [1.82, 2.24) is 10.3 Å². The molecule has 1 amide bonds. The minimum atomic E-state index is 0.101. The van der Waals surface area contributed by atoms with Crippen molar-refractivity contribution in [3.8, 4) is 0 Å². The lowest BCUT2D eigenvalue weighted by atomic mass is 10.1. The number of amides is 1. The maximum Gasteiger partial charge on any atom is 0.220 e. The van der Waals surface area contributed by atoms with Crippen LogP contribution in [-0.2, 0) is 11.2 Å². The number of nitrogens with zero attached hydrogens (tertiary/aromatic N) is 1. The number of hydrogen-bond donors (Lipinski definition) is 1. The number of carbonyl (C=O) groups is 1. The first kappa shape index (κ1) is 12.7. The van der Waals surface area contributed by atoms with E-state index < -0.39 is 0 Å². The predicted octanol–water partition coefficient (Wildman–Crippen LogP) is 2.00. The molecule has 1 aromatic rings. The van der Waals surface area contributed by atoms with Crippen molar-refractivity contribution in [3.05, 3.63) is 17.3 Å². The first-order chi connectivity index (χ1) is 7.49. The van der Waals surface area contributed by atoms with Gasteiger partial charge in [0, 0.05) is 26.3 Å². The van der Waals surface area contributed by atoms with E-state index in [1.807, 2.05) is 27.7 Å². The third-order valence-corrected chi connectivity index (χ3v) is 2.27. The van der Waals surface area contributed by atoms with Gasteiger partial charge < -0.3 is 9.73 Å². The molecule has 0 aliphatic rings. The molecule has 1 aromatic heterocycles. The number of aromatic nitrogens is 1. The van der Waals surface area contributed by atoms with E-state index in [0.717, 1.165) is 11.5 Å². The fourth-order valence-electron chi connectivity index (χ4n) is 1.56. The molecule has 0 unspecified atom stereocenters. The summed E-state index contributed by atoms with van der Waals surface area (Å²) in [4.78, 5) is 15.6. The van der Waals surface area contributed by atoms with Gasteiger partial charge in [-0.2, -0.15) is 0 Å². The normalized spacial score (nSPS) is 10.8. The number of hydrogen-bond acceptors (Lipinski definition) is 3. The van der Waals surface area contributed by atoms with Gasteiger partial charge in [0.15, 0.2) is 5.89 Å². The molecule has 4 nitrogen and oxygen atoms in total. The highest BCUT2D eigenvalue weighted by Crippen LogP contribution is 2.09. The van der Waals surface area contributed by atoms with Crippen LogP contribution in [0.1, 0.15) is 37.6 Å². The Morgan fingerprint density at radius 2 is 2.12 bits per heavy atom. The zero-order valence-corrected chi connectivity index (χ0v) is 10.5. The molecule has 1 heterocycles. The summed E-state index contributed by atoms with van der Waals surface area (Å²) in [5, 5.41) is 2.87. The molecule has 0 radical (unpaired) electrons. The molecular formula is C12H20N2O2. The average molecular weight is 224 g/mol. The Labute approximate surface area is 96.4 Å². The van der Waals surface area contributed by atoms with Gasteiger partial charge in [-0.1, -0.05) is 13.8 Å². The van der Waals surface area contributed by atoms with Crippen LogP contribution < -0.4 is 5.32 Å². The molecule has 0 aliphatic heterocycles. The fraction of sp³-hybridized carbons (Fsp3) is 0.667. The Bertz CT molecular complexity index is 356. The van der Waals surface area contributed by atoms with E-state index in [2.05, 4.69) is 10.3 Å². The molecule has 0 aliphatic carbocycles. The lowest BCUT2D eigenvalue weighted by Crippen LogP contribution is -2.26. The topological polar surface area (TPSA) is 55.1 Å². The largest absolute Gasteiger partial charge is 0.446 e. The van der Waals surface area contributed by atoms with Crippen molar-refractivity contribution in [2.45, 2.75) is 40.5 Å². The molecule has 0 saturated heterocycles. The number of rotatable bonds is 5. The standard InChI is InChI=1S/C12H20N2O2/c1-8(2)7-12(15)13-6-5-11-9(3)14-10(4)16-11/h8H,5-7H2,1-4H3,(H,13,15). The summed E-state index contributed by atoms with van der Waals surface area (Å²) in [6, 6.07) is 0. The molecular weight excluding hydrogens is 204 g/mol. The van der Waals surface area contributed by atoms with Gasteiger partial charge in [0.2, 0.25) is 5.91 Å². The summed E-state index contributed by atoms with van der Waals surface area (Å²) in [5.41, 5.74) is 0.913. The van der Waals surface area contributed by atoms with Crippen LogP contribution in [-0.4, -0.2) is 17.4 Å². The number of oxazole rings is 1. The third kappa shape index (κ3) is 4.04. The van der Waals surface area contributed by atoms with Crippen LogP contribution in [0.5, 0.6) is 0 Å². The second-order valence-electron chi connectivity index (χ2n) is 4.44. The summed E-state index contributed by atoms with van der Waals surface area (Å²) < 4.78 is 5.41. The van der Waals surface area contributed by atoms with Gasteiger partial charge in [0.25, 0.3) is 0 Å². The summed E-state index contributed by atoms with van der Waals surface area (Å²) in [7, 11) is 0. The molecule has 1 rings (SSSR count). The Hall–Kier alpha value is -1.32. The van der Waals surface area contributed by atoms with Crippen LogP contribution >= 0.6 is 0 Å². The van der Waals surface area contributed by atoms with Crippen LogP contribution in [0.15, 0.2) is 4.42 Å². The molecule has 0 bridgehead atoms. The highest BCUT2D eigenvalue weighted by Gasteiger charge is 2.08. The fourth-order valence-corrected chi connectivity index (χ4v) is 1.56. The zero-order chi connectivity index (χ0) is 12.1. The van der Waals surface area contributed by atoms with Crippen LogP contribution in [0, 0.1) is 19.8 Å². The van der Waals surface area contributed by atoms with Gasteiger partial charge in [0.05, 0.1) is 5.69 Å². The molecule has 0 aromatic carbocycles. The Morgan fingerprint density at radius 3 is 2.62 bits per heavy atom. The Balaban J connectivity index is 2.30. The quantitative estimate of drug-likeness (QED) is 0.832.